The number of aromatic nitrogens is 2. The number of H-pyrrole nitrogens is 1. The average molecular weight is 430 g/mol. The van der Waals surface area contributed by atoms with E-state index in [0.29, 0.717) is 36.7 Å². The van der Waals surface area contributed by atoms with E-state index in [1.54, 1.807) is 0 Å². The Balaban J connectivity index is 1.37. The van der Waals surface area contributed by atoms with Crippen molar-refractivity contribution in [3.8, 4) is 0 Å². The van der Waals surface area contributed by atoms with Crippen molar-refractivity contribution in [1.82, 2.24) is 25.3 Å². The number of nitrogens with zero attached hydrogens (tertiary/aromatic N) is 3. The minimum absolute atomic E-state index is 0.0103. The van der Waals surface area contributed by atoms with Gasteiger partial charge in [-0.2, -0.15) is 5.10 Å². The molecule has 170 valence electrons. The van der Waals surface area contributed by atoms with Crippen LogP contribution in [0.1, 0.15) is 60.3 Å². The maximum Gasteiger partial charge on any atom is 0.257 e. The normalized spacial score (nSPS) is 31.9. The van der Waals surface area contributed by atoms with Gasteiger partial charge in [-0.1, -0.05) is 0 Å². The molecule has 4 aliphatic rings. The third-order valence-electron chi connectivity index (χ3n) is 8.04. The third kappa shape index (κ3) is 3.89. The van der Waals surface area contributed by atoms with E-state index in [-0.39, 0.29) is 11.8 Å². The zero-order valence-corrected chi connectivity index (χ0v) is 18.8. The first-order chi connectivity index (χ1) is 15.0. The van der Waals surface area contributed by atoms with Crippen molar-refractivity contribution in [2.75, 3.05) is 39.4 Å². The maximum atomic E-state index is 13.6. The Bertz CT molecular complexity index is 825. The molecule has 3 atom stereocenters. The van der Waals surface area contributed by atoms with Crippen LogP contribution in [-0.2, 0) is 9.53 Å². The number of aryl methyl sites for hydroxylation is 2. The van der Waals surface area contributed by atoms with Gasteiger partial charge in [0.1, 0.15) is 0 Å². The van der Waals surface area contributed by atoms with Gasteiger partial charge in [0.25, 0.3) is 5.91 Å². The molecule has 0 aromatic carbocycles. The molecular weight excluding hydrogens is 394 g/mol. The maximum absolute atomic E-state index is 13.6. The highest BCUT2D eigenvalue weighted by atomic mass is 16.5. The van der Waals surface area contributed by atoms with Gasteiger partial charge in [0.15, 0.2) is 0 Å². The first kappa shape index (κ1) is 20.9. The number of morpholine rings is 1. The lowest BCUT2D eigenvalue weighted by Gasteiger charge is -2.53. The lowest BCUT2D eigenvalue weighted by atomic mass is 9.60. The molecule has 4 fully saturated rings. The van der Waals surface area contributed by atoms with E-state index in [0.717, 1.165) is 76.2 Å². The highest BCUT2D eigenvalue weighted by molar-refractivity contribution is 5.97. The number of likely N-dealkylation sites (tertiary alicyclic amines) is 1. The van der Waals surface area contributed by atoms with Crippen LogP contribution < -0.4 is 5.32 Å². The summed E-state index contributed by atoms with van der Waals surface area (Å²) in [5.41, 5.74) is 1.73. The number of rotatable bonds is 4. The summed E-state index contributed by atoms with van der Waals surface area (Å²) in [5, 5.41) is 10.4. The molecule has 8 nitrogen and oxygen atoms in total. The smallest absolute Gasteiger partial charge is 0.257 e. The third-order valence-corrected chi connectivity index (χ3v) is 8.04. The van der Waals surface area contributed by atoms with E-state index in [9.17, 15) is 9.59 Å². The minimum Gasteiger partial charge on any atom is -0.379 e. The fourth-order valence-corrected chi connectivity index (χ4v) is 6.03. The molecule has 2 saturated heterocycles. The number of ether oxygens (including phenoxy) is 1. The topological polar surface area (TPSA) is 90.6 Å². The summed E-state index contributed by atoms with van der Waals surface area (Å²) in [6, 6.07) is 0.861. The predicted octanol–water partition coefficient (Wildman–Crippen LogP) is 1.64. The second kappa shape index (κ2) is 8.20. The van der Waals surface area contributed by atoms with Crippen LogP contribution in [-0.4, -0.2) is 83.3 Å². The molecule has 2 amide bonds. The van der Waals surface area contributed by atoms with Crippen LogP contribution in [0.25, 0.3) is 0 Å². The molecule has 0 bridgehead atoms. The van der Waals surface area contributed by atoms with E-state index in [4.69, 9.17) is 4.74 Å². The van der Waals surface area contributed by atoms with Crippen molar-refractivity contribution >= 4 is 11.8 Å². The SMILES string of the molecule is Cc1n[nH]c(C)c1C(=O)N1CC[C@@H]2C[C@@H](N3CCOCC3)CC[C@@]2(C(=O)NC2CC2)C1. The molecule has 2 saturated carbocycles. The molecule has 1 aromatic rings. The van der Waals surface area contributed by atoms with Gasteiger partial charge in [-0.15, -0.1) is 0 Å². The van der Waals surface area contributed by atoms with Gasteiger partial charge in [0, 0.05) is 44.0 Å². The number of hydrogen-bond donors (Lipinski definition) is 2. The van der Waals surface area contributed by atoms with Crippen LogP contribution >= 0.6 is 0 Å². The summed E-state index contributed by atoms with van der Waals surface area (Å²) in [7, 11) is 0. The molecule has 0 spiro atoms. The van der Waals surface area contributed by atoms with Crippen LogP contribution in [0.5, 0.6) is 0 Å². The molecular formula is C23H35N5O3. The molecule has 5 rings (SSSR count). The molecule has 2 aliphatic carbocycles. The molecule has 1 aromatic heterocycles. The van der Waals surface area contributed by atoms with Crippen molar-refractivity contribution in [3.05, 3.63) is 17.0 Å². The number of aromatic amines is 1. The van der Waals surface area contributed by atoms with Gasteiger partial charge in [-0.3, -0.25) is 19.6 Å². The quantitative estimate of drug-likeness (QED) is 0.759. The van der Waals surface area contributed by atoms with Crippen LogP contribution in [0, 0.1) is 25.2 Å². The Morgan fingerprint density at radius 3 is 2.58 bits per heavy atom. The highest BCUT2D eigenvalue weighted by Gasteiger charge is 2.54. The summed E-state index contributed by atoms with van der Waals surface area (Å²) in [6.07, 6.45) is 5.97. The number of carbonyl (C=O) groups is 2. The van der Waals surface area contributed by atoms with Crippen LogP contribution in [0.3, 0.4) is 0 Å². The zero-order valence-electron chi connectivity index (χ0n) is 18.8. The van der Waals surface area contributed by atoms with E-state index in [2.05, 4.69) is 20.4 Å². The minimum atomic E-state index is -0.467. The largest absolute Gasteiger partial charge is 0.379 e. The second-order valence-corrected chi connectivity index (χ2v) is 10.0. The first-order valence-electron chi connectivity index (χ1n) is 11.9. The average Bonchev–Trinajstić information content (AvgIpc) is 3.55. The number of carbonyl (C=O) groups excluding carboxylic acids is 2. The fourth-order valence-electron chi connectivity index (χ4n) is 6.03. The van der Waals surface area contributed by atoms with Crippen molar-refractivity contribution in [3.63, 3.8) is 0 Å². The Kier molecular flexibility index (Phi) is 5.54. The lowest BCUT2D eigenvalue weighted by molar-refractivity contribution is -0.143. The molecule has 2 aliphatic heterocycles. The predicted molar refractivity (Wildman–Crippen MR) is 116 cm³/mol. The van der Waals surface area contributed by atoms with Gasteiger partial charge in [-0.05, 0) is 58.3 Å². The number of piperidine rings is 1. The van der Waals surface area contributed by atoms with Crippen LogP contribution in [0.4, 0.5) is 0 Å². The van der Waals surface area contributed by atoms with Gasteiger partial charge >= 0.3 is 0 Å². The Morgan fingerprint density at radius 1 is 1.13 bits per heavy atom. The number of fused-ring (bicyclic) bond motifs is 1. The summed E-state index contributed by atoms with van der Waals surface area (Å²) < 4.78 is 5.54. The summed E-state index contributed by atoms with van der Waals surface area (Å²) in [6.45, 7) is 8.58. The molecule has 3 heterocycles. The van der Waals surface area contributed by atoms with E-state index < -0.39 is 5.41 Å². The van der Waals surface area contributed by atoms with Crippen LogP contribution in [0.15, 0.2) is 0 Å². The lowest BCUT2D eigenvalue weighted by Crippen LogP contribution is -2.61. The van der Waals surface area contributed by atoms with Crippen molar-refractivity contribution in [2.24, 2.45) is 11.3 Å². The van der Waals surface area contributed by atoms with Gasteiger partial charge in [-0.25, -0.2) is 0 Å². The Hall–Kier alpha value is -1.93. The summed E-state index contributed by atoms with van der Waals surface area (Å²) in [4.78, 5) is 31.5. The first-order valence-corrected chi connectivity index (χ1v) is 11.9. The molecule has 2 N–H and O–H groups in total. The van der Waals surface area contributed by atoms with Crippen molar-refractivity contribution in [1.29, 1.82) is 0 Å². The monoisotopic (exact) mass is 429 g/mol. The molecule has 8 heteroatoms. The Morgan fingerprint density at radius 2 is 1.90 bits per heavy atom. The molecule has 31 heavy (non-hydrogen) atoms. The van der Waals surface area contributed by atoms with Gasteiger partial charge in [0.05, 0.1) is 29.9 Å². The fraction of sp³-hybridized carbons (Fsp3) is 0.783. The van der Waals surface area contributed by atoms with E-state index in [1.807, 2.05) is 18.7 Å². The molecule has 0 radical (unpaired) electrons. The van der Waals surface area contributed by atoms with E-state index in [1.165, 1.54) is 0 Å². The number of hydrogen-bond acceptors (Lipinski definition) is 5. The highest BCUT2D eigenvalue weighted by Crippen LogP contribution is 2.48. The second-order valence-electron chi connectivity index (χ2n) is 10.0. The van der Waals surface area contributed by atoms with Crippen molar-refractivity contribution in [2.45, 2.75) is 64.5 Å². The van der Waals surface area contributed by atoms with Crippen molar-refractivity contribution < 1.29 is 14.3 Å². The molecule has 0 unspecified atom stereocenters. The number of amides is 2. The Labute approximate surface area is 184 Å². The zero-order chi connectivity index (χ0) is 21.6. The number of nitrogens with one attached hydrogen (secondary N) is 2. The van der Waals surface area contributed by atoms with Gasteiger partial charge in [0.2, 0.25) is 5.91 Å². The standard InChI is InChI=1S/C23H35N5O3/c1-15-20(16(2)26-25-15)21(29)28-8-6-17-13-19(27-9-11-31-12-10-27)5-7-23(17,14-28)22(30)24-18-3-4-18/h17-19H,3-14H2,1-2H3,(H,24,30)(H,25,26)/t17-,19+,23-/m1/s1. The summed E-state index contributed by atoms with van der Waals surface area (Å²) >= 11 is 0. The van der Waals surface area contributed by atoms with Crippen LogP contribution in [0.2, 0.25) is 0 Å². The van der Waals surface area contributed by atoms with E-state index >= 15 is 0 Å². The summed E-state index contributed by atoms with van der Waals surface area (Å²) in [5.74, 6) is 0.512. The van der Waals surface area contributed by atoms with Gasteiger partial charge < -0.3 is 15.0 Å².